The summed E-state index contributed by atoms with van der Waals surface area (Å²) >= 11 is 0. The Kier molecular flexibility index (Phi) is 4.92. The summed E-state index contributed by atoms with van der Waals surface area (Å²) in [5.41, 5.74) is 2.77. The molecule has 27 heavy (non-hydrogen) atoms. The van der Waals surface area contributed by atoms with Gasteiger partial charge in [0.2, 0.25) is 11.9 Å². The molecule has 1 aliphatic carbocycles. The van der Waals surface area contributed by atoms with Gasteiger partial charge in [-0.1, -0.05) is 12.2 Å². The first-order valence-electron chi connectivity index (χ1n) is 9.64. The Labute approximate surface area is 159 Å². The fourth-order valence-electron chi connectivity index (χ4n) is 4.05. The van der Waals surface area contributed by atoms with Crippen LogP contribution in [-0.4, -0.2) is 51.6 Å². The van der Waals surface area contributed by atoms with Crippen LogP contribution in [0.2, 0.25) is 0 Å². The van der Waals surface area contributed by atoms with Gasteiger partial charge >= 0.3 is 0 Å². The van der Waals surface area contributed by atoms with Gasteiger partial charge in [-0.3, -0.25) is 9.89 Å². The lowest BCUT2D eigenvalue weighted by molar-refractivity contribution is -0.136. The number of hydrogen-bond donors (Lipinski definition) is 1. The van der Waals surface area contributed by atoms with Gasteiger partial charge in [-0.2, -0.15) is 5.10 Å². The van der Waals surface area contributed by atoms with Crippen molar-refractivity contribution in [3.8, 4) is 11.3 Å². The molecular weight excluding hydrogens is 340 g/mol. The molecule has 4 rings (SSSR count). The maximum Gasteiger partial charge on any atom is 0.226 e. The molecule has 1 saturated heterocycles. The Balaban J connectivity index is 1.62. The van der Waals surface area contributed by atoms with Gasteiger partial charge in [-0.05, 0) is 38.2 Å². The SMILES string of the molecule is CN(C)c1nccc(-c2cn[nH]c2[C@@H]2CCCN2C(=O)[C@@H]2CC=CCC2)n1. The number of nitrogens with zero attached hydrogens (tertiary/aromatic N) is 5. The molecule has 0 aromatic carbocycles. The first-order chi connectivity index (χ1) is 13.1. The van der Waals surface area contributed by atoms with Crippen LogP contribution >= 0.6 is 0 Å². The van der Waals surface area contributed by atoms with Gasteiger partial charge in [-0.15, -0.1) is 0 Å². The number of H-pyrrole nitrogens is 1. The lowest BCUT2D eigenvalue weighted by atomic mass is 9.92. The van der Waals surface area contributed by atoms with Gasteiger partial charge in [0.05, 0.1) is 23.6 Å². The van der Waals surface area contributed by atoms with Crippen molar-refractivity contribution in [2.45, 2.75) is 38.1 Å². The second kappa shape index (κ2) is 7.50. The monoisotopic (exact) mass is 366 g/mol. The molecule has 0 unspecified atom stereocenters. The second-order valence-electron chi connectivity index (χ2n) is 7.50. The van der Waals surface area contributed by atoms with Crippen LogP contribution in [0.25, 0.3) is 11.3 Å². The summed E-state index contributed by atoms with van der Waals surface area (Å²) in [5.74, 6) is 1.05. The number of nitrogens with one attached hydrogen (secondary N) is 1. The fraction of sp³-hybridized carbons (Fsp3) is 0.500. The number of carbonyl (C=O) groups is 1. The number of amides is 1. The van der Waals surface area contributed by atoms with Crippen molar-refractivity contribution in [2.75, 3.05) is 25.5 Å². The Bertz CT molecular complexity index is 843. The van der Waals surface area contributed by atoms with E-state index in [9.17, 15) is 4.79 Å². The van der Waals surface area contributed by atoms with E-state index in [1.807, 2.05) is 25.1 Å². The van der Waals surface area contributed by atoms with Crippen LogP contribution in [0.1, 0.15) is 43.8 Å². The third kappa shape index (κ3) is 3.46. The summed E-state index contributed by atoms with van der Waals surface area (Å²) < 4.78 is 0. The Hall–Kier alpha value is -2.70. The predicted octanol–water partition coefficient (Wildman–Crippen LogP) is 2.95. The van der Waals surface area contributed by atoms with Crippen molar-refractivity contribution < 1.29 is 4.79 Å². The summed E-state index contributed by atoms with van der Waals surface area (Å²) in [6.07, 6.45) is 12.7. The average molecular weight is 366 g/mol. The van der Waals surface area contributed by atoms with E-state index >= 15 is 0 Å². The van der Waals surface area contributed by atoms with Crippen LogP contribution in [0.3, 0.4) is 0 Å². The molecular formula is C20H26N6O. The Morgan fingerprint density at radius 2 is 2.19 bits per heavy atom. The van der Waals surface area contributed by atoms with E-state index in [0.29, 0.717) is 5.95 Å². The van der Waals surface area contributed by atoms with E-state index in [4.69, 9.17) is 0 Å². The van der Waals surface area contributed by atoms with Crippen LogP contribution in [-0.2, 0) is 4.79 Å². The van der Waals surface area contributed by atoms with E-state index in [2.05, 4.69) is 37.2 Å². The molecule has 2 atom stereocenters. The zero-order chi connectivity index (χ0) is 18.8. The van der Waals surface area contributed by atoms with E-state index in [-0.39, 0.29) is 17.9 Å². The van der Waals surface area contributed by atoms with Crippen molar-refractivity contribution in [2.24, 2.45) is 5.92 Å². The van der Waals surface area contributed by atoms with Gasteiger partial charge in [0.25, 0.3) is 0 Å². The standard InChI is InChI=1S/C20H26N6O/c1-25(2)20-21-11-10-16(23-20)15-13-22-24-18(15)17-9-6-12-26(17)19(27)14-7-4-3-5-8-14/h3-4,10-11,13-14,17H,5-9,12H2,1-2H3,(H,22,24)/t14-,17+/m1/s1. The first-order valence-corrected chi connectivity index (χ1v) is 9.64. The normalized spacial score (nSPS) is 22.2. The highest BCUT2D eigenvalue weighted by Crippen LogP contribution is 2.38. The van der Waals surface area contributed by atoms with Crippen molar-refractivity contribution in [1.82, 2.24) is 25.1 Å². The number of aromatic nitrogens is 4. The summed E-state index contributed by atoms with van der Waals surface area (Å²) in [5, 5.41) is 7.43. The lowest BCUT2D eigenvalue weighted by Crippen LogP contribution is -2.36. The maximum atomic E-state index is 13.1. The number of likely N-dealkylation sites (tertiary alicyclic amines) is 1. The van der Waals surface area contributed by atoms with Gasteiger partial charge in [-0.25, -0.2) is 9.97 Å². The molecule has 7 heteroatoms. The Morgan fingerprint density at radius 1 is 1.30 bits per heavy atom. The van der Waals surface area contributed by atoms with E-state index in [1.165, 1.54) is 0 Å². The van der Waals surface area contributed by atoms with Crippen LogP contribution in [0.5, 0.6) is 0 Å². The van der Waals surface area contributed by atoms with Crippen LogP contribution < -0.4 is 4.90 Å². The number of anilines is 1. The molecule has 1 N–H and O–H groups in total. The largest absolute Gasteiger partial charge is 0.347 e. The molecule has 2 aliphatic rings. The summed E-state index contributed by atoms with van der Waals surface area (Å²) in [7, 11) is 3.84. The zero-order valence-corrected chi connectivity index (χ0v) is 15.9. The molecule has 142 valence electrons. The summed E-state index contributed by atoms with van der Waals surface area (Å²) in [6.45, 7) is 0.814. The smallest absolute Gasteiger partial charge is 0.226 e. The quantitative estimate of drug-likeness (QED) is 0.842. The molecule has 3 heterocycles. The third-order valence-corrected chi connectivity index (χ3v) is 5.48. The van der Waals surface area contributed by atoms with Gasteiger partial charge < -0.3 is 9.80 Å². The number of carbonyl (C=O) groups excluding carboxylic acids is 1. The van der Waals surface area contributed by atoms with Crippen molar-refractivity contribution in [1.29, 1.82) is 0 Å². The maximum absolute atomic E-state index is 13.1. The second-order valence-corrected chi connectivity index (χ2v) is 7.50. The molecule has 0 bridgehead atoms. The predicted molar refractivity (Wildman–Crippen MR) is 104 cm³/mol. The molecule has 2 aromatic heterocycles. The van der Waals surface area contributed by atoms with Crippen LogP contribution in [0, 0.1) is 5.92 Å². The number of rotatable bonds is 4. The third-order valence-electron chi connectivity index (χ3n) is 5.48. The van der Waals surface area contributed by atoms with Crippen molar-refractivity contribution in [3.63, 3.8) is 0 Å². The van der Waals surface area contributed by atoms with Crippen molar-refractivity contribution in [3.05, 3.63) is 36.3 Å². The highest BCUT2D eigenvalue weighted by molar-refractivity contribution is 5.80. The zero-order valence-electron chi connectivity index (χ0n) is 15.9. The number of aromatic amines is 1. The molecule has 0 radical (unpaired) electrons. The van der Waals surface area contributed by atoms with Gasteiger partial charge in [0, 0.05) is 38.3 Å². The van der Waals surface area contributed by atoms with Gasteiger partial charge in [0.15, 0.2) is 0 Å². The van der Waals surface area contributed by atoms with Gasteiger partial charge in [0.1, 0.15) is 0 Å². The molecule has 2 aromatic rings. The van der Waals surface area contributed by atoms with E-state index in [1.54, 1.807) is 12.4 Å². The number of allylic oxidation sites excluding steroid dienone is 2. The Morgan fingerprint density at radius 3 is 2.96 bits per heavy atom. The number of hydrogen-bond acceptors (Lipinski definition) is 5. The fourth-order valence-corrected chi connectivity index (χ4v) is 4.05. The first kappa shape index (κ1) is 17.7. The van der Waals surface area contributed by atoms with E-state index < -0.39 is 0 Å². The minimum atomic E-state index is 0.0404. The molecule has 1 aliphatic heterocycles. The average Bonchev–Trinajstić information content (AvgIpc) is 3.37. The highest BCUT2D eigenvalue weighted by atomic mass is 16.2. The minimum absolute atomic E-state index is 0.0404. The molecule has 1 fully saturated rings. The lowest BCUT2D eigenvalue weighted by Gasteiger charge is -2.29. The topological polar surface area (TPSA) is 78.0 Å². The van der Waals surface area contributed by atoms with Crippen molar-refractivity contribution >= 4 is 11.9 Å². The minimum Gasteiger partial charge on any atom is -0.347 e. The molecule has 1 amide bonds. The van der Waals surface area contributed by atoms with Crippen LogP contribution in [0.4, 0.5) is 5.95 Å². The molecule has 0 saturated carbocycles. The van der Waals surface area contributed by atoms with E-state index in [0.717, 1.165) is 55.6 Å². The molecule has 7 nitrogen and oxygen atoms in total. The van der Waals surface area contributed by atoms with Crippen LogP contribution in [0.15, 0.2) is 30.6 Å². The highest BCUT2D eigenvalue weighted by Gasteiger charge is 2.36. The molecule has 0 spiro atoms. The summed E-state index contributed by atoms with van der Waals surface area (Å²) in [4.78, 5) is 26.0. The summed E-state index contributed by atoms with van der Waals surface area (Å²) in [6, 6.07) is 1.94.